The number of carboxylic acids is 2. The molecule has 4 aliphatic rings. The van der Waals surface area contributed by atoms with Gasteiger partial charge in [-0.1, -0.05) is 97.1 Å². The molecule has 32 heteroatoms. The van der Waals surface area contributed by atoms with Crippen LogP contribution in [0.3, 0.4) is 0 Å². The largest absolute Gasteiger partial charge is 0.481 e. The van der Waals surface area contributed by atoms with Crippen LogP contribution in [0.25, 0.3) is 22.3 Å². The van der Waals surface area contributed by atoms with Gasteiger partial charge in [-0.2, -0.15) is 0 Å². The Kier molecular flexibility index (Phi) is 40.1. The Labute approximate surface area is 673 Å². The van der Waals surface area contributed by atoms with Crippen molar-refractivity contribution in [1.29, 1.82) is 0 Å². The van der Waals surface area contributed by atoms with E-state index >= 15 is 0 Å². The van der Waals surface area contributed by atoms with Gasteiger partial charge in [0.25, 0.3) is 0 Å². The zero-order valence-corrected chi connectivity index (χ0v) is 69.2. The van der Waals surface area contributed by atoms with E-state index < -0.39 is 100 Å². The number of nitrogens with one attached hydrogen (secondary N) is 5. The number of nitrogens with zero attached hydrogens (tertiary/aromatic N) is 2. The number of benzene rings is 4. The maximum atomic E-state index is 12.5. The summed E-state index contributed by atoms with van der Waals surface area (Å²) in [6, 6.07) is 27.9. The number of primary amides is 1. The van der Waals surface area contributed by atoms with E-state index in [-0.39, 0.29) is 112 Å². The van der Waals surface area contributed by atoms with E-state index in [4.69, 9.17) is 45.0 Å². The minimum Gasteiger partial charge on any atom is -0.481 e. The third-order valence-corrected chi connectivity index (χ3v) is 17.4. The van der Waals surface area contributed by atoms with Gasteiger partial charge in [0.2, 0.25) is 35.4 Å². The number of carbonyl (C=O) groups excluding carboxylic acids is 12. The fourth-order valence-electron chi connectivity index (χ4n) is 12.5. The van der Waals surface area contributed by atoms with Crippen molar-refractivity contribution < 1.29 is 106 Å². The van der Waals surface area contributed by atoms with Gasteiger partial charge in [0, 0.05) is 91.0 Å². The first-order valence-electron chi connectivity index (χ1n) is 38.3. The number of likely N-dealkylation sites (N-methyl/N-ethyl adjacent to an activating group) is 3. The molecule has 2 heterocycles. The molecule has 8 rings (SSSR count). The molecule has 4 aromatic rings. The molecular formula is C83H120N10O22. The Bertz CT molecular complexity index is 3880. The standard InChI is InChI=1S/C25H30N2O5.C24H27NO6.C14H24N2O4.C10H20N2O3.C9H14N2O4.CH5N/c1-25(2,3)32-22(28)14-13-21(23(29)26-4)27-24(30)31-15-20-18-11-7-5-9-16(18)17-10-6-8-12-19(17)20;1-24(2,3)31-21(26)13-12-20(22(27)28)25-23(29)30-14-19-17-10-6-4-8-15(17)16-9-5-7-11-18(16)19;1-14(2,3)20-12(18)8-7-10(13(19)15-4)16-9-5-6-11(16)17;1-10(2,3)15-8(13)6-5-7(11)9(14)12-4;10-9(15)6(3-4-8(13)14)11-5-1-2-7(11)12;1-2/h5-12,20-21H,13-15H2,1-4H3,(H,26,29)(H,27,30);4-11,19-20H,12-14H2,1-3H3,(H,25,29)(H,27,28);10H,5-9H2,1-4H3,(H,15,19);7H,5-6,11H2,1-4H3,(H,12,14);6H,1-5H2,(H2,10,15)(H,13,14);2H2,1H3/t21-;20-;10-;7-;6-;/m11111./s1. The van der Waals surface area contributed by atoms with Crippen LogP contribution in [0.1, 0.15) is 207 Å². The molecule has 2 fully saturated rings. The number of alkyl carbamates (subject to hydrolysis) is 2. The normalized spacial score (nSPS) is 14.5. The maximum Gasteiger partial charge on any atom is 0.407 e. The molecule has 0 radical (unpaired) electrons. The van der Waals surface area contributed by atoms with Crippen molar-refractivity contribution in [1.82, 2.24) is 36.4 Å². The number of amides is 8. The summed E-state index contributed by atoms with van der Waals surface area (Å²) in [5, 5.41) is 30.3. The van der Waals surface area contributed by atoms with E-state index in [1.165, 1.54) is 33.1 Å². The van der Waals surface area contributed by atoms with Gasteiger partial charge in [0.1, 0.15) is 59.8 Å². The molecule has 634 valence electrons. The number of hydrogen-bond acceptors (Lipinski definition) is 22. The molecule has 5 atom stereocenters. The molecule has 0 spiro atoms. The van der Waals surface area contributed by atoms with Crippen molar-refractivity contribution in [3.05, 3.63) is 119 Å². The van der Waals surface area contributed by atoms with Crippen LogP contribution in [-0.2, 0) is 86.0 Å². The van der Waals surface area contributed by atoms with Crippen LogP contribution in [0.2, 0.25) is 0 Å². The molecule has 2 saturated heterocycles. The highest BCUT2D eigenvalue weighted by molar-refractivity contribution is 5.90. The van der Waals surface area contributed by atoms with Crippen molar-refractivity contribution in [3.63, 3.8) is 0 Å². The first kappa shape index (κ1) is 98.2. The van der Waals surface area contributed by atoms with E-state index in [2.05, 4.69) is 44.5 Å². The van der Waals surface area contributed by atoms with Crippen molar-refractivity contribution in [2.24, 2.45) is 17.2 Å². The molecule has 0 aromatic heterocycles. The van der Waals surface area contributed by atoms with Crippen LogP contribution in [0.4, 0.5) is 9.59 Å². The van der Waals surface area contributed by atoms with Crippen molar-refractivity contribution in [2.75, 3.05) is 54.5 Å². The molecule has 2 aliphatic heterocycles. The van der Waals surface area contributed by atoms with Crippen molar-refractivity contribution in [3.8, 4) is 22.3 Å². The van der Waals surface area contributed by atoms with Gasteiger partial charge in [-0.15, -0.1) is 0 Å². The fraction of sp³-hybridized carbons (Fsp3) is 0.542. The van der Waals surface area contributed by atoms with Crippen molar-refractivity contribution in [2.45, 2.75) is 237 Å². The molecule has 4 aromatic carbocycles. The summed E-state index contributed by atoms with van der Waals surface area (Å²) in [5.74, 6) is -5.74. The lowest BCUT2D eigenvalue weighted by atomic mass is 9.98. The lowest BCUT2D eigenvalue weighted by Crippen LogP contribution is -2.46. The van der Waals surface area contributed by atoms with E-state index in [1.54, 1.807) is 88.0 Å². The second-order valence-corrected chi connectivity index (χ2v) is 31.1. The number of esters is 4. The van der Waals surface area contributed by atoms with Gasteiger partial charge >= 0.3 is 48.0 Å². The number of nitrogens with two attached hydrogens (primary N) is 3. The number of aliphatic carboxylic acids is 2. The quantitative estimate of drug-likeness (QED) is 0.0191. The molecule has 13 N–H and O–H groups in total. The van der Waals surface area contributed by atoms with Crippen molar-refractivity contribution >= 4 is 83.4 Å². The molecular weight excluding hydrogens is 1490 g/mol. The van der Waals surface area contributed by atoms with Crippen LogP contribution >= 0.6 is 0 Å². The molecule has 0 saturated carbocycles. The molecule has 32 nitrogen and oxygen atoms in total. The van der Waals surface area contributed by atoms with Gasteiger partial charge in [-0.25, -0.2) is 14.4 Å². The monoisotopic (exact) mass is 1610 g/mol. The van der Waals surface area contributed by atoms with Gasteiger partial charge in [-0.3, -0.25) is 52.7 Å². The summed E-state index contributed by atoms with van der Waals surface area (Å²) in [6.45, 7) is 22.6. The summed E-state index contributed by atoms with van der Waals surface area (Å²) >= 11 is 0. The molecule has 8 amide bonds. The second kappa shape index (κ2) is 47.0. The van der Waals surface area contributed by atoms with Crippen LogP contribution in [0, 0.1) is 0 Å². The minimum absolute atomic E-state index is 0.000980. The Hall–Kier alpha value is -11.0. The number of ether oxygens (including phenoxy) is 6. The highest BCUT2D eigenvalue weighted by Gasteiger charge is 2.37. The average Bonchev–Trinajstić information content (AvgIpc) is 1.62. The SMILES string of the molecule is CC(C)(C)OC(=O)CC[C@@H](NC(=O)OCC1c2ccccc2-c2ccccc21)C(=O)O.CN.CNC(=O)[C@@H](CCC(=O)OC(C)(C)C)N1CCCC1=O.CNC(=O)[C@@H](CCC(=O)OC(C)(C)C)NC(=O)OCC1c2ccccc2-c2ccccc21.CNC(=O)[C@H](N)CCC(=O)OC(C)(C)C.NC(=O)[C@@H](CCC(=O)O)N1CCCC1=O. The zero-order chi connectivity index (χ0) is 86.7. The third kappa shape index (κ3) is 34.7. The molecule has 2 aliphatic carbocycles. The third-order valence-electron chi connectivity index (χ3n) is 17.4. The molecule has 115 heavy (non-hydrogen) atoms. The minimum atomic E-state index is -1.25. The van der Waals surface area contributed by atoms with Gasteiger partial charge in [0.15, 0.2) is 0 Å². The van der Waals surface area contributed by atoms with Crippen LogP contribution < -0.4 is 43.8 Å². The number of carboxylic acid groups (broad SMARTS) is 2. The van der Waals surface area contributed by atoms with Gasteiger partial charge in [0.05, 0.1) is 6.04 Å². The van der Waals surface area contributed by atoms with Crippen LogP contribution in [0.5, 0.6) is 0 Å². The van der Waals surface area contributed by atoms with Gasteiger partial charge in [-0.05, 0) is 180 Å². The van der Waals surface area contributed by atoms with E-state index in [1.807, 2.05) is 84.9 Å². The number of likely N-dealkylation sites (tertiary alicyclic amines) is 2. The van der Waals surface area contributed by atoms with E-state index in [9.17, 15) is 72.2 Å². The lowest BCUT2D eigenvalue weighted by molar-refractivity contribution is -0.156. The first-order chi connectivity index (χ1) is 53.9. The van der Waals surface area contributed by atoms with Crippen LogP contribution in [0.15, 0.2) is 97.1 Å². The Morgan fingerprint density at radius 1 is 0.435 bits per heavy atom. The number of rotatable bonds is 28. The Morgan fingerprint density at radius 2 is 0.739 bits per heavy atom. The number of fused-ring (bicyclic) bond motifs is 6. The Balaban J connectivity index is 0.000000384. The highest BCUT2D eigenvalue weighted by Crippen LogP contribution is 2.46. The average molecular weight is 1610 g/mol. The smallest absolute Gasteiger partial charge is 0.407 e. The predicted octanol–water partition coefficient (Wildman–Crippen LogP) is 7.79. The highest BCUT2D eigenvalue weighted by atomic mass is 16.6. The summed E-state index contributed by atoms with van der Waals surface area (Å²) in [5.41, 5.74) is 21.7. The summed E-state index contributed by atoms with van der Waals surface area (Å²) in [4.78, 5) is 166. The Morgan fingerprint density at radius 3 is 1.04 bits per heavy atom. The van der Waals surface area contributed by atoms with Gasteiger partial charge < -0.3 is 92.2 Å². The fourth-order valence-corrected chi connectivity index (χ4v) is 12.5. The summed E-state index contributed by atoms with van der Waals surface area (Å²) < 4.78 is 31.6. The number of carbonyl (C=O) groups is 14. The topological polar surface area (TPSA) is 480 Å². The van der Waals surface area contributed by atoms with E-state index in [0.29, 0.717) is 45.2 Å². The molecule has 0 unspecified atom stereocenters. The second-order valence-electron chi connectivity index (χ2n) is 31.1. The zero-order valence-electron chi connectivity index (χ0n) is 69.2. The maximum absolute atomic E-state index is 12.5. The summed E-state index contributed by atoms with van der Waals surface area (Å²) in [7, 11) is 6.02. The number of hydrogen-bond donors (Lipinski definition) is 10. The van der Waals surface area contributed by atoms with E-state index in [0.717, 1.165) is 50.9 Å². The summed E-state index contributed by atoms with van der Waals surface area (Å²) in [6.07, 6.45) is 1.52. The molecule has 0 bridgehead atoms. The predicted molar refractivity (Wildman–Crippen MR) is 428 cm³/mol. The van der Waals surface area contributed by atoms with Crippen LogP contribution in [-0.4, -0.2) is 211 Å². The first-order valence-corrected chi connectivity index (χ1v) is 38.3. The lowest BCUT2D eigenvalue weighted by Gasteiger charge is -2.26.